The molecule has 7 nitrogen and oxygen atoms in total. The van der Waals surface area contributed by atoms with Crippen LogP contribution in [0.2, 0.25) is 0 Å². The fraction of sp³-hybridized carbons (Fsp3) is 0.407. The van der Waals surface area contributed by atoms with Crippen LogP contribution in [0, 0.1) is 5.92 Å². The Labute approximate surface area is 198 Å². The van der Waals surface area contributed by atoms with Gasteiger partial charge in [0.25, 0.3) is 5.91 Å². The molecule has 7 rings (SSSR count). The second-order valence-corrected chi connectivity index (χ2v) is 10.1. The number of nitrogens with two attached hydrogens (primary N) is 1. The third kappa shape index (κ3) is 3.21. The van der Waals surface area contributed by atoms with E-state index in [1.54, 1.807) is 0 Å². The Morgan fingerprint density at radius 1 is 1.12 bits per heavy atom. The van der Waals surface area contributed by atoms with Crippen LogP contribution in [0.4, 0.5) is 0 Å². The van der Waals surface area contributed by atoms with E-state index in [4.69, 9.17) is 15.5 Å². The second-order valence-electron chi connectivity index (χ2n) is 10.1. The molecule has 2 aromatic heterocycles. The van der Waals surface area contributed by atoms with Crippen LogP contribution in [0.25, 0.3) is 33.5 Å². The number of piperidine rings is 1. The number of carbonyl (C=O) groups excluding carboxylic acids is 1. The lowest BCUT2D eigenvalue weighted by molar-refractivity contribution is 0.0708. The van der Waals surface area contributed by atoms with Gasteiger partial charge in [0.05, 0.1) is 17.8 Å². The number of ether oxygens (including phenoxy) is 1. The molecule has 174 valence electrons. The van der Waals surface area contributed by atoms with E-state index in [1.807, 2.05) is 17.0 Å². The number of rotatable bonds is 4. The Hall–Kier alpha value is -3.32. The Morgan fingerprint density at radius 3 is 2.85 bits per heavy atom. The second kappa shape index (κ2) is 7.60. The van der Waals surface area contributed by atoms with E-state index in [0.29, 0.717) is 18.7 Å². The molecule has 7 heteroatoms. The highest BCUT2D eigenvalue weighted by molar-refractivity contribution is 6.00. The third-order valence-electron chi connectivity index (χ3n) is 7.55. The van der Waals surface area contributed by atoms with Gasteiger partial charge in [-0.05, 0) is 55.9 Å². The molecule has 2 fully saturated rings. The molecule has 1 saturated carbocycles. The highest BCUT2D eigenvalue weighted by Gasteiger charge is 2.29. The number of likely N-dealkylation sites (tertiary alicyclic amines) is 1. The zero-order valence-electron chi connectivity index (χ0n) is 19.2. The van der Waals surface area contributed by atoms with Crippen molar-refractivity contribution < 1.29 is 9.53 Å². The number of fused-ring (bicyclic) bond motifs is 1. The Kier molecular flexibility index (Phi) is 4.49. The number of para-hydroxylation sites is 1. The minimum Gasteiger partial charge on any atom is -0.489 e. The van der Waals surface area contributed by atoms with Crippen molar-refractivity contribution >= 4 is 27.8 Å². The van der Waals surface area contributed by atoms with Crippen LogP contribution in [0.1, 0.15) is 36.0 Å². The van der Waals surface area contributed by atoms with Gasteiger partial charge >= 0.3 is 0 Å². The Morgan fingerprint density at radius 2 is 2.00 bits per heavy atom. The molecule has 4 heterocycles. The summed E-state index contributed by atoms with van der Waals surface area (Å²) in [6.07, 6.45) is 4.51. The number of hydrogen-bond acceptors (Lipinski definition) is 4. The molecule has 2 N–H and O–H groups in total. The van der Waals surface area contributed by atoms with E-state index in [0.717, 1.165) is 66.7 Å². The highest BCUT2D eigenvalue weighted by Crippen LogP contribution is 2.39. The lowest BCUT2D eigenvalue weighted by atomic mass is 10.0. The molecule has 1 saturated heterocycles. The topological polar surface area (TPSA) is 78.3 Å². The minimum atomic E-state index is 0.0152. The predicted octanol–water partition coefficient (Wildman–Crippen LogP) is 4.02. The van der Waals surface area contributed by atoms with Gasteiger partial charge in [0, 0.05) is 42.1 Å². The molecule has 3 aliphatic rings. The lowest BCUT2D eigenvalue weighted by Crippen LogP contribution is -2.45. The summed E-state index contributed by atoms with van der Waals surface area (Å²) in [6, 6.07) is 14.7. The van der Waals surface area contributed by atoms with Crippen molar-refractivity contribution in [2.75, 3.05) is 19.7 Å². The third-order valence-corrected chi connectivity index (χ3v) is 7.55. The molecule has 1 atom stereocenters. The van der Waals surface area contributed by atoms with Crippen LogP contribution in [0.3, 0.4) is 0 Å². The molecule has 2 aliphatic heterocycles. The quantitative estimate of drug-likeness (QED) is 0.504. The lowest BCUT2D eigenvalue weighted by Gasteiger charge is -2.31. The fourth-order valence-electron chi connectivity index (χ4n) is 5.65. The number of hydrogen-bond donors (Lipinski definition) is 1. The Bertz CT molecular complexity index is 1430. The van der Waals surface area contributed by atoms with Crippen LogP contribution in [-0.2, 0) is 13.1 Å². The van der Waals surface area contributed by atoms with Gasteiger partial charge in [-0.3, -0.25) is 4.79 Å². The molecule has 2 aromatic carbocycles. The zero-order chi connectivity index (χ0) is 22.8. The van der Waals surface area contributed by atoms with Gasteiger partial charge in [-0.2, -0.15) is 0 Å². The van der Waals surface area contributed by atoms with E-state index < -0.39 is 0 Å². The summed E-state index contributed by atoms with van der Waals surface area (Å²) in [5, 5.41) is 1.24. The van der Waals surface area contributed by atoms with Crippen LogP contribution < -0.4 is 10.5 Å². The molecule has 1 aliphatic carbocycles. The maximum atomic E-state index is 13.3. The summed E-state index contributed by atoms with van der Waals surface area (Å²) in [4.78, 5) is 20.3. The SMILES string of the molecule is NC1CCCN(C(=O)c2cc3c4c(c2)nc(-c2cc5ccccc5n2CC2CC2)n4CCO3)C1. The van der Waals surface area contributed by atoms with Gasteiger partial charge in [-0.25, -0.2) is 4.98 Å². The summed E-state index contributed by atoms with van der Waals surface area (Å²) < 4.78 is 10.8. The van der Waals surface area contributed by atoms with Crippen molar-refractivity contribution in [3.8, 4) is 17.3 Å². The van der Waals surface area contributed by atoms with Crippen LogP contribution in [0.5, 0.6) is 5.75 Å². The normalized spacial score (nSPS) is 20.1. The van der Waals surface area contributed by atoms with Gasteiger partial charge in [0.1, 0.15) is 17.9 Å². The minimum absolute atomic E-state index is 0.0152. The summed E-state index contributed by atoms with van der Waals surface area (Å²) in [5.41, 5.74) is 11.0. The standard InChI is InChI=1S/C27H29N5O2/c28-20-5-3-9-30(16-20)27(33)19-12-21-25-24(14-19)34-11-10-31(25)26(29-21)23-13-18-4-1-2-6-22(18)32(23)15-17-7-8-17/h1-2,4,6,12-14,17,20H,3,5,7-11,15-16,28H2. The molecule has 1 unspecified atom stereocenters. The number of benzene rings is 2. The van der Waals surface area contributed by atoms with E-state index in [-0.39, 0.29) is 11.9 Å². The molecular formula is C27H29N5O2. The van der Waals surface area contributed by atoms with E-state index in [2.05, 4.69) is 39.5 Å². The van der Waals surface area contributed by atoms with E-state index >= 15 is 0 Å². The average molecular weight is 456 g/mol. The fourth-order valence-corrected chi connectivity index (χ4v) is 5.65. The smallest absolute Gasteiger partial charge is 0.254 e. The summed E-state index contributed by atoms with van der Waals surface area (Å²) in [6.45, 7) is 3.70. The molecule has 4 aromatic rings. The van der Waals surface area contributed by atoms with Crippen molar-refractivity contribution in [3.05, 3.63) is 48.0 Å². The Balaban J connectivity index is 1.36. The van der Waals surface area contributed by atoms with Crippen LogP contribution in [0.15, 0.2) is 42.5 Å². The highest BCUT2D eigenvalue weighted by atomic mass is 16.5. The van der Waals surface area contributed by atoms with Crippen molar-refractivity contribution in [3.63, 3.8) is 0 Å². The summed E-state index contributed by atoms with van der Waals surface area (Å²) in [7, 11) is 0. The molecular weight excluding hydrogens is 426 g/mol. The maximum Gasteiger partial charge on any atom is 0.254 e. The van der Waals surface area contributed by atoms with Crippen molar-refractivity contribution in [1.29, 1.82) is 0 Å². The molecule has 0 radical (unpaired) electrons. The average Bonchev–Trinajstić information content (AvgIpc) is 3.50. The van der Waals surface area contributed by atoms with Gasteiger partial charge in [-0.15, -0.1) is 0 Å². The van der Waals surface area contributed by atoms with Crippen LogP contribution in [-0.4, -0.2) is 50.7 Å². The predicted molar refractivity (Wildman–Crippen MR) is 132 cm³/mol. The maximum absolute atomic E-state index is 13.3. The molecule has 1 amide bonds. The first-order valence-electron chi connectivity index (χ1n) is 12.5. The first-order chi connectivity index (χ1) is 16.7. The van der Waals surface area contributed by atoms with Crippen molar-refractivity contribution in [2.45, 2.75) is 44.8 Å². The first-order valence-corrected chi connectivity index (χ1v) is 12.5. The molecule has 0 bridgehead atoms. The summed E-state index contributed by atoms with van der Waals surface area (Å²) >= 11 is 0. The first kappa shape index (κ1) is 20.1. The van der Waals surface area contributed by atoms with Crippen molar-refractivity contribution in [2.24, 2.45) is 11.7 Å². The molecule has 0 spiro atoms. The largest absolute Gasteiger partial charge is 0.489 e. The van der Waals surface area contributed by atoms with Gasteiger partial charge < -0.3 is 24.5 Å². The van der Waals surface area contributed by atoms with Crippen molar-refractivity contribution in [1.82, 2.24) is 19.0 Å². The monoisotopic (exact) mass is 455 g/mol. The van der Waals surface area contributed by atoms with Gasteiger partial charge in [-0.1, -0.05) is 18.2 Å². The number of amides is 1. The number of imidazole rings is 1. The van der Waals surface area contributed by atoms with Gasteiger partial charge in [0.15, 0.2) is 5.82 Å². The molecule has 34 heavy (non-hydrogen) atoms. The van der Waals surface area contributed by atoms with Gasteiger partial charge in [0.2, 0.25) is 0 Å². The summed E-state index contributed by atoms with van der Waals surface area (Å²) in [5.74, 6) is 2.47. The number of aromatic nitrogens is 3. The van der Waals surface area contributed by atoms with Crippen LogP contribution >= 0.6 is 0 Å². The van der Waals surface area contributed by atoms with E-state index in [1.165, 1.54) is 23.7 Å². The number of nitrogens with zero attached hydrogens (tertiary/aromatic N) is 4. The zero-order valence-corrected chi connectivity index (χ0v) is 19.2. The number of carbonyl (C=O) groups is 1. The van der Waals surface area contributed by atoms with E-state index in [9.17, 15) is 4.79 Å².